The van der Waals surface area contributed by atoms with E-state index >= 15 is 0 Å². The third-order valence-electron chi connectivity index (χ3n) is 4.82. The first kappa shape index (κ1) is 26.3. The maximum atomic E-state index is 11.8. The van der Waals surface area contributed by atoms with Crippen molar-refractivity contribution in [2.75, 3.05) is 39.4 Å². The average Bonchev–Trinajstić information content (AvgIpc) is 2.72. The normalized spacial score (nSPS) is 14.6. The highest BCUT2D eigenvalue weighted by Crippen LogP contribution is 2.12. The third-order valence-corrected chi connectivity index (χ3v) is 4.82. The molecule has 8 heteroatoms. The van der Waals surface area contributed by atoms with Gasteiger partial charge < -0.3 is 25.0 Å². The number of halogens is 1. The van der Waals surface area contributed by atoms with Gasteiger partial charge in [-0.2, -0.15) is 0 Å². The molecule has 1 saturated heterocycles. The van der Waals surface area contributed by atoms with Crippen molar-refractivity contribution in [1.29, 1.82) is 0 Å². The van der Waals surface area contributed by atoms with Crippen molar-refractivity contribution in [3.05, 3.63) is 29.8 Å². The van der Waals surface area contributed by atoms with Crippen molar-refractivity contribution < 1.29 is 14.3 Å². The molecule has 2 N–H and O–H groups in total. The van der Waals surface area contributed by atoms with Crippen LogP contribution in [0.5, 0.6) is 5.75 Å². The summed E-state index contributed by atoms with van der Waals surface area (Å²) in [6.45, 7) is 10.1. The van der Waals surface area contributed by atoms with Gasteiger partial charge in [-0.15, -0.1) is 24.0 Å². The fourth-order valence-corrected chi connectivity index (χ4v) is 3.16. The lowest BCUT2D eigenvalue weighted by molar-refractivity contribution is 0.0963. The molecule has 1 amide bonds. The number of rotatable bonds is 9. The number of aliphatic imine (C=N–C) groups is 1. The van der Waals surface area contributed by atoms with Gasteiger partial charge in [-0.1, -0.05) is 17.7 Å². The van der Waals surface area contributed by atoms with Gasteiger partial charge in [0.05, 0.1) is 13.2 Å². The molecule has 1 aromatic carbocycles. The van der Waals surface area contributed by atoms with E-state index in [0.29, 0.717) is 32.3 Å². The number of likely N-dealkylation sites (tertiary alicyclic amines) is 1. The van der Waals surface area contributed by atoms with Crippen molar-refractivity contribution >= 4 is 36.0 Å². The maximum absolute atomic E-state index is 11.8. The Labute approximate surface area is 198 Å². The standard InChI is InChI=1S/C22H36N4O3.HI/c1-4-23-21(25-19-12-15-26(16-13-19)22(27)28-5-2)24-14-6-7-17-29-20-10-8-18(3)9-11-20;/h8-11,19H,4-7,12-17H2,1-3H3,(H2,23,24,25);1H. The molecular weight excluding hydrogens is 495 g/mol. The molecular formula is C22H37IN4O3. The molecule has 1 aromatic rings. The molecule has 1 aliphatic rings. The van der Waals surface area contributed by atoms with E-state index in [9.17, 15) is 4.79 Å². The van der Waals surface area contributed by atoms with Gasteiger partial charge in [-0.3, -0.25) is 4.99 Å². The minimum Gasteiger partial charge on any atom is -0.494 e. The first-order valence-electron chi connectivity index (χ1n) is 10.8. The number of carbonyl (C=O) groups is 1. The van der Waals surface area contributed by atoms with E-state index < -0.39 is 0 Å². The number of amides is 1. The summed E-state index contributed by atoms with van der Waals surface area (Å²) in [5.41, 5.74) is 1.24. The molecule has 0 aliphatic carbocycles. The molecule has 0 radical (unpaired) electrons. The molecule has 30 heavy (non-hydrogen) atoms. The molecule has 0 unspecified atom stereocenters. The highest BCUT2D eigenvalue weighted by molar-refractivity contribution is 14.0. The Balaban J connectivity index is 0.00000450. The van der Waals surface area contributed by atoms with Gasteiger partial charge in [-0.25, -0.2) is 4.79 Å². The first-order chi connectivity index (χ1) is 14.1. The Morgan fingerprint density at radius 1 is 1.17 bits per heavy atom. The summed E-state index contributed by atoms with van der Waals surface area (Å²) in [5.74, 6) is 1.77. The summed E-state index contributed by atoms with van der Waals surface area (Å²) in [5, 5.41) is 6.81. The van der Waals surface area contributed by atoms with Gasteiger partial charge in [0.15, 0.2) is 5.96 Å². The van der Waals surface area contributed by atoms with Gasteiger partial charge in [0.1, 0.15) is 5.75 Å². The summed E-state index contributed by atoms with van der Waals surface area (Å²) in [7, 11) is 0. The zero-order chi connectivity index (χ0) is 20.9. The van der Waals surface area contributed by atoms with Crippen LogP contribution in [0.2, 0.25) is 0 Å². The molecule has 0 spiro atoms. The quantitative estimate of drug-likeness (QED) is 0.218. The second-order valence-electron chi connectivity index (χ2n) is 7.23. The minimum atomic E-state index is -0.209. The number of aryl methyl sites for hydroxylation is 1. The molecule has 0 atom stereocenters. The van der Waals surface area contributed by atoms with Crippen LogP contribution >= 0.6 is 24.0 Å². The van der Waals surface area contributed by atoms with Crippen molar-refractivity contribution in [3.63, 3.8) is 0 Å². The number of carbonyl (C=O) groups excluding carboxylic acids is 1. The van der Waals surface area contributed by atoms with Gasteiger partial charge in [0.25, 0.3) is 0 Å². The summed E-state index contributed by atoms with van der Waals surface area (Å²) in [6.07, 6.45) is 3.53. The fraction of sp³-hybridized carbons (Fsp3) is 0.636. The van der Waals surface area contributed by atoms with Crippen LogP contribution in [0.4, 0.5) is 4.79 Å². The van der Waals surface area contributed by atoms with E-state index in [4.69, 9.17) is 9.47 Å². The van der Waals surface area contributed by atoms with Gasteiger partial charge in [-0.05, 0) is 58.6 Å². The number of ether oxygens (including phenoxy) is 2. The van der Waals surface area contributed by atoms with E-state index in [2.05, 4.69) is 41.6 Å². The van der Waals surface area contributed by atoms with Crippen molar-refractivity contribution in [2.24, 2.45) is 4.99 Å². The molecule has 0 saturated carbocycles. The second-order valence-corrected chi connectivity index (χ2v) is 7.23. The smallest absolute Gasteiger partial charge is 0.409 e. The van der Waals surface area contributed by atoms with E-state index in [1.807, 2.05) is 19.1 Å². The molecule has 0 bridgehead atoms. The largest absolute Gasteiger partial charge is 0.494 e. The van der Waals surface area contributed by atoms with Crippen LogP contribution in [-0.4, -0.2) is 62.4 Å². The number of guanidine groups is 1. The van der Waals surface area contributed by atoms with Crippen LogP contribution < -0.4 is 15.4 Å². The molecule has 1 heterocycles. The molecule has 0 aromatic heterocycles. The number of nitrogens with one attached hydrogen (secondary N) is 2. The van der Waals surface area contributed by atoms with E-state index in [1.165, 1.54) is 5.56 Å². The Kier molecular flexibility index (Phi) is 13.3. The van der Waals surface area contributed by atoms with Crippen molar-refractivity contribution in [2.45, 2.75) is 52.5 Å². The summed E-state index contributed by atoms with van der Waals surface area (Å²) in [4.78, 5) is 18.3. The molecule has 7 nitrogen and oxygen atoms in total. The van der Waals surface area contributed by atoms with Crippen LogP contribution in [0.3, 0.4) is 0 Å². The van der Waals surface area contributed by atoms with E-state index in [0.717, 1.165) is 50.5 Å². The summed E-state index contributed by atoms with van der Waals surface area (Å²) >= 11 is 0. The van der Waals surface area contributed by atoms with E-state index in [-0.39, 0.29) is 30.1 Å². The maximum Gasteiger partial charge on any atom is 0.409 e. The zero-order valence-corrected chi connectivity index (χ0v) is 20.8. The highest BCUT2D eigenvalue weighted by Gasteiger charge is 2.23. The molecule has 2 rings (SSSR count). The average molecular weight is 532 g/mol. The summed E-state index contributed by atoms with van der Waals surface area (Å²) < 4.78 is 10.8. The Morgan fingerprint density at radius 2 is 1.87 bits per heavy atom. The fourth-order valence-electron chi connectivity index (χ4n) is 3.16. The van der Waals surface area contributed by atoms with Crippen molar-refractivity contribution in [1.82, 2.24) is 15.5 Å². The summed E-state index contributed by atoms with van der Waals surface area (Å²) in [6, 6.07) is 8.46. The Hall–Kier alpha value is -1.71. The molecule has 1 fully saturated rings. The predicted molar refractivity (Wildman–Crippen MR) is 132 cm³/mol. The van der Waals surface area contributed by atoms with E-state index in [1.54, 1.807) is 4.90 Å². The first-order valence-corrected chi connectivity index (χ1v) is 10.8. The van der Waals surface area contributed by atoms with Crippen LogP contribution in [0.1, 0.15) is 45.1 Å². The number of hydrogen-bond donors (Lipinski definition) is 2. The number of unbranched alkanes of at least 4 members (excludes halogenated alkanes) is 1. The predicted octanol–water partition coefficient (Wildman–Crippen LogP) is 3.95. The lowest BCUT2D eigenvalue weighted by Gasteiger charge is -2.32. The lowest BCUT2D eigenvalue weighted by atomic mass is 10.1. The monoisotopic (exact) mass is 532 g/mol. The number of nitrogens with zero attached hydrogens (tertiary/aromatic N) is 2. The van der Waals surface area contributed by atoms with Gasteiger partial charge in [0, 0.05) is 32.2 Å². The number of benzene rings is 1. The second kappa shape index (κ2) is 15.1. The van der Waals surface area contributed by atoms with Crippen LogP contribution in [0, 0.1) is 6.92 Å². The SMILES string of the molecule is CCNC(=NCCCCOc1ccc(C)cc1)NC1CCN(C(=O)OCC)CC1.I. The van der Waals surface area contributed by atoms with Crippen LogP contribution in [0.25, 0.3) is 0 Å². The highest BCUT2D eigenvalue weighted by atomic mass is 127. The van der Waals surface area contributed by atoms with Gasteiger partial charge >= 0.3 is 6.09 Å². The number of hydrogen-bond acceptors (Lipinski definition) is 4. The minimum absolute atomic E-state index is 0. The van der Waals surface area contributed by atoms with Gasteiger partial charge in [0.2, 0.25) is 0 Å². The number of piperidine rings is 1. The zero-order valence-electron chi connectivity index (χ0n) is 18.5. The molecule has 170 valence electrons. The topological polar surface area (TPSA) is 75.2 Å². The van der Waals surface area contributed by atoms with Crippen LogP contribution in [-0.2, 0) is 4.74 Å². The Morgan fingerprint density at radius 3 is 2.50 bits per heavy atom. The Bertz CT molecular complexity index is 632. The molecule has 1 aliphatic heterocycles. The van der Waals surface area contributed by atoms with Crippen molar-refractivity contribution in [3.8, 4) is 5.75 Å². The lowest BCUT2D eigenvalue weighted by Crippen LogP contribution is -2.49. The third kappa shape index (κ3) is 9.86. The van der Waals surface area contributed by atoms with Crippen LogP contribution in [0.15, 0.2) is 29.3 Å².